The molecule has 0 aromatic carbocycles. The number of nitrogens with one attached hydrogen (secondary N) is 1. The first kappa shape index (κ1) is 12.7. The summed E-state index contributed by atoms with van der Waals surface area (Å²) in [5, 5.41) is 14.8. The minimum absolute atomic E-state index is 0.0175. The van der Waals surface area contributed by atoms with Crippen LogP contribution in [0.3, 0.4) is 0 Å². The van der Waals surface area contributed by atoms with E-state index in [0.29, 0.717) is 28.0 Å². The summed E-state index contributed by atoms with van der Waals surface area (Å²) in [5.41, 5.74) is 0.396. The van der Waals surface area contributed by atoms with E-state index in [4.69, 9.17) is 5.11 Å². The molecule has 7 heteroatoms. The van der Waals surface area contributed by atoms with E-state index in [2.05, 4.69) is 15.1 Å². The van der Waals surface area contributed by atoms with E-state index in [1.807, 2.05) is 0 Å². The summed E-state index contributed by atoms with van der Waals surface area (Å²) in [6, 6.07) is 0. The van der Waals surface area contributed by atoms with Gasteiger partial charge in [-0.05, 0) is 12.8 Å². The van der Waals surface area contributed by atoms with Crippen molar-refractivity contribution in [2.75, 3.05) is 6.61 Å². The van der Waals surface area contributed by atoms with Crippen molar-refractivity contribution in [1.82, 2.24) is 19.7 Å². The zero-order valence-electron chi connectivity index (χ0n) is 10.5. The third kappa shape index (κ3) is 2.52. The molecule has 0 aliphatic heterocycles. The van der Waals surface area contributed by atoms with Crippen LogP contribution in [0.1, 0.15) is 25.7 Å². The lowest BCUT2D eigenvalue weighted by molar-refractivity contribution is 0.271. The zero-order valence-corrected chi connectivity index (χ0v) is 11.3. The van der Waals surface area contributed by atoms with Gasteiger partial charge in [0.25, 0.3) is 5.56 Å². The van der Waals surface area contributed by atoms with Gasteiger partial charge in [0.2, 0.25) is 0 Å². The zero-order chi connectivity index (χ0) is 13.2. The minimum Gasteiger partial charge on any atom is -0.394 e. The average Bonchev–Trinajstić information content (AvgIpc) is 3.01. The Morgan fingerprint density at radius 3 is 3.00 bits per heavy atom. The van der Waals surface area contributed by atoms with Crippen LogP contribution in [-0.2, 0) is 6.54 Å². The molecule has 102 valence electrons. The summed E-state index contributed by atoms with van der Waals surface area (Å²) in [6.07, 6.45) is 6.38. The summed E-state index contributed by atoms with van der Waals surface area (Å²) < 4.78 is 1.57. The van der Waals surface area contributed by atoms with Crippen LogP contribution in [0.2, 0.25) is 0 Å². The quantitative estimate of drug-likeness (QED) is 0.821. The van der Waals surface area contributed by atoms with Crippen LogP contribution in [-0.4, -0.2) is 36.7 Å². The van der Waals surface area contributed by atoms with Gasteiger partial charge in [0.05, 0.1) is 19.3 Å². The monoisotopic (exact) mass is 280 g/mol. The maximum absolute atomic E-state index is 12.0. The number of hydrogen-bond donors (Lipinski definition) is 2. The number of aromatic nitrogens is 4. The summed E-state index contributed by atoms with van der Waals surface area (Å²) in [6.45, 7) is 0.337. The fourth-order valence-corrected chi connectivity index (χ4v) is 3.60. The van der Waals surface area contributed by atoms with Crippen molar-refractivity contribution >= 4 is 22.8 Å². The van der Waals surface area contributed by atoms with Crippen LogP contribution in [0.4, 0.5) is 0 Å². The first-order chi connectivity index (χ1) is 9.28. The predicted octanol–water partition coefficient (Wildman–Crippen LogP) is 1.15. The van der Waals surface area contributed by atoms with Gasteiger partial charge in [-0.1, -0.05) is 24.6 Å². The molecule has 2 aromatic heterocycles. The van der Waals surface area contributed by atoms with E-state index in [9.17, 15) is 4.79 Å². The molecular formula is C12H16N4O2S. The molecule has 0 radical (unpaired) electrons. The molecule has 1 fully saturated rings. The van der Waals surface area contributed by atoms with Gasteiger partial charge >= 0.3 is 0 Å². The van der Waals surface area contributed by atoms with Crippen molar-refractivity contribution in [3.05, 3.63) is 16.6 Å². The number of aliphatic hydroxyl groups is 1. The molecule has 0 saturated heterocycles. The van der Waals surface area contributed by atoms with Gasteiger partial charge in [0.15, 0.2) is 10.8 Å². The summed E-state index contributed by atoms with van der Waals surface area (Å²) in [5.74, 6) is 0. The molecule has 1 aliphatic carbocycles. The van der Waals surface area contributed by atoms with Crippen LogP contribution in [0.5, 0.6) is 0 Å². The van der Waals surface area contributed by atoms with Crippen molar-refractivity contribution in [2.45, 2.75) is 42.6 Å². The Labute approximate surface area is 114 Å². The normalized spacial score (nSPS) is 16.5. The summed E-state index contributed by atoms with van der Waals surface area (Å²) in [7, 11) is 0. The highest BCUT2D eigenvalue weighted by atomic mass is 32.2. The lowest BCUT2D eigenvalue weighted by atomic mass is 10.4. The van der Waals surface area contributed by atoms with Crippen LogP contribution in [0.25, 0.3) is 11.0 Å². The van der Waals surface area contributed by atoms with Crippen LogP contribution in [0, 0.1) is 0 Å². The molecule has 0 spiro atoms. The van der Waals surface area contributed by atoms with E-state index < -0.39 is 0 Å². The van der Waals surface area contributed by atoms with Gasteiger partial charge in [0.1, 0.15) is 5.39 Å². The fourth-order valence-electron chi connectivity index (χ4n) is 2.42. The second-order valence-corrected chi connectivity index (χ2v) is 6.01. The molecule has 0 bridgehead atoms. The van der Waals surface area contributed by atoms with Gasteiger partial charge in [0, 0.05) is 5.25 Å². The molecule has 0 unspecified atom stereocenters. The van der Waals surface area contributed by atoms with Gasteiger partial charge < -0.3 is 10.1 Å². The number of nitrogens with zero attached hydrogens (tertiary/aromatic N) is 3. The number of fused-ring (bicyclic) bond motifs is 1. The Balaban J connectivity index is 1.96. The van der Waals surface area contributed by atoms with Crippen LogP contribution < -0.4 is 5.56 Å². The molecule has 6 nitrogen and oxygen atoms in total. The Bertz CT molecular complexity index is 630. The van der Waals surface area contributed by atoms with Crippen molar-refractivity contribution in [2.24, 2.45) is 0 Å². The third-order valence-electron chi connectivity index (χ3n) is 3.38. The largest absolute Gasteiger partial charge is 0.394 e. The van der Waals surface area contributed by atoms with E-state index in [0.717, 1.165) is 0 Å². The predicted molar refractivity (Wildman–Crippen MR) is 73.3 cm³/mol. The third-order valence-corrected chi connectivity index (χ3v) is 4.60. The lowest BCUT2D eigenvalue weighted by Crippen LogP contribution is -2.12. The Hall–Kier alpha value is -1.34. The van der Waals surface area contributed by atoms with Crippen LogP contribution >= 0.6 is 11.8 Å². The highest BCUT2D eigenvalue weighted by Gasteiger charge is 2.18. The molecule has 1 aliphatic rings. The first-order valence-corrected chi connectivity index (χ1v) is 7.39. The summed E-state index contributed by atoms with van der Waals surface area (Å²) in [4.78, 5) is 19.3. The molecule has 2 N–H and O–H groups in total. The van der Waals surface area contributed by atoms with Crippen LogP contribution in [0.15, 0.2) is 16.1 Å². The average molecular weight is 280 g/mol. The molecule has 0 amide bonds. The number of hydrogen-bond acceptors (Lipinski definition) is 5. The fraction of sp³-hybridized carbons (Fsp3) is 0.583. The number of thioether (sulfide) groups is 1. The van der Waals surface area contributed by atoms with E-state index >= 15 is 0 Å². The van der Waals surface area contributed by atoms with Gasteiger partial charge in [-0.2, -0.15) is 5.10 Å². The minimum atomic E-state index is -0.158. The second kappa shape index (κ2) is 5.34. The summed E-state index contributed by atoms with van der Waals surface area (Å²) >= 11 is 1.64. The SMILES string of the molecule is O=c1[nH]c(SC2CCCC2)nc2c1cnn2CCO. The molecule has 0 atom stereocenters. The lowest BCUT2D eigenvalue weighted by Gasteiger charge is -2.07. The Morgan fingerprint density at radius 1 is 1.47 bits per heavy atom. The molecule has 2 aromatic rings. The number of rotatable bonds is 4. The van der Waals surface area contributed by atoms with Crippen molar-refractivity contribution < 1.29 is 5.11 Å². The Morgan fingerprint density at radius 2 is 2.26 bits per heavy atom. The molecule has 1 saturated carbocycles. The van der Waals surface area contributed by atoms with E-state index in [1.165, 1.54) is 31.9 Å². The molecular weight excluding hydrogens is 264 g/mol. The molecule has 2 heterocycles. The van der Waals surface area contributed by atoms with E-state index in [1.54, 1.807) is 16.4 Å². The van der Waals surface area contributed by atoms with Crippen molar-refractivity contribution in [3.8, 4) is 0 Å². The highest BCUT2D eigenvalue weighted by Crippen LogP contribution is 2.32. The topological polar surface area (TPSA) is 83.8 Å². The van der Waals surface area contributed by atoms with Gasteiger partial charge in [-0.3, -0.25) is 4.79 Å². The molecule has 19 heavy (non-hydrogen) atoms. The maximum Gasteiger partial charge on any atom is 0.262 e. The van der Waals surface area contributed by atoms with E-state index in [-0.39, 0.29) is 12.2 Å². The molecule has 3 rings (SSSR count). The highest BCUT2D eigenvalue weighted by molar-refractivity contribution is 7.99. The standard InChI is InChI=1S/C12H16N4O2S/c17-6-5-16-10-9(7-13-16)11(18)15-12(14-10)19-8-3-1-2-4-8/h7-8,17H,1-6H2,(H,14,15,18). The smallest absolute Gasteiger partial charge is 0.262 e. The van der Waals surface area contributed by atoms with Gasteiger partial charge in [-0.15, -0.1) is 0 Å². The number of H-pyrrole nitrogens is 1. The van der Waals surface area contributed by atoms with Crippen molar-refractivity contribution in [3.63, 3.8) is 0 Å². The number of aliphatic hydroxyl groups excluding tert-OH is 1. The van der Waals surface area contributed by atoms with Crippen molar-refractivity contribution in [1.29, 1.82) is 0 Å². The first-order valence-electron chi connectivity index (χ1n) is 6.51. The van der Waals surface area contributed by atoms with Gasteiger partial charge in [-0.25, -0.2) is 9.67 Å². The second-order valence-electron chi connectivity index (χ2n) is 4.72. The Kier molecular flexibility index (Phi) is 3.56. The maximum atomic E-state index is 12.0. The number of aromatic amines is 1.